The second-order valence-corrected chi connectivity index (χ2v) is 7.17. The predicted octanol–water partition coefficient (Wildman–Crippen LogP) is 2.69. The Balaban J connectivity index is 1.67. The molecule has 0 unspecified atom stereocenters. The maximum absolute atomic E-state index is 12.5. The smallest absolute Gasteiger partial charge is 0.261 e. The molecule has 1 N–H and O–H groups in total. The zero-order valence-corrected chi connectivity index (χ0v) is 15.1. The maximum atomic E-state index is 12.5. The Bertz CT molecular complexity index is 599. The highest BCUT2D eigenvalue weighted by atomic mass is 16.3. The topological polar surface area (TPSA) is 60.9 Å². The lowest BCUT2D eigenvalue weighted by molar-refractivity contribution is 0.0136. The van der Waals surface area contributed by atoms with E-state index in [-0.39, 0.29) is 18.4 Å². The Hall–Kier alpha value is -1.72. The van der Waals surface area contributed by atoms with Crippen LogP contribution in [0.5, 0.6) is 0 Å². The molecule has 2 amide bonds. The summed E-state index contributed by atoms with van der Waals surface area (Å²) in [4.78, 5) is 28.5. The number of imide groups is 1. The molecule has 2 aliphatic rings. The van der Waals surface area contributed by atoms with Crippen molar-refractivity contribution in [2.45, 2.75) is 64.1 Å². The van der Waals surface area contributed by atoms with E-state index in [2.05, 4.69) is 18.7 Å². The molecule has 0 radical (unpaired) electrons. The number of aliphatic hydroxyl groups excluding tert-OH is 1. The quantitative estimate of drug-likeness (QED) is 0.806. The summed E-state index contributed by atoms with van der Waals surface area (Å²) in [6, 6.07) is 7.83. The first-order chi connectivity index (χ1) is 12.1. The third-order valence-corrected chi connectivity index (χ3v) is 5.65. The highest BCUT2D eigenvalue weighted by Crippen LogP contribution is 2.28. The van der Waals surface area contributed by atoms with E-state index in [4.69, 9.17) is 0 Å². The monoisotopic (exact) mass is 344 g/mol. The fourth-order valence-electron chi connectivity index (χ4n) is 4.31. The minimum atomic E-state index is -0.719. The van der Waals surface area contributed by atoms with E-state index >= 15 is 0 Å². The van der Waals surface area contributed by atoms with Crippen LogP contribution in [0.1, 0.15) is 66.7 Å². The lowest BCUT2D eigenvalue weighted by atomic mass is 9.92. The number of β-amino-alcohol motifs (C(OH)–C–C–N with tert-alkyl or cyclic N) is 1. The number of carbonyl (C=O) groups is 2. The number of fused-ring (bicyclic) bond motifs is 1. The van der Waals surface area contributed by atoms with Crippen LogP contribution in [0, 0.1) is 0 Å². The number of benzene rings is 1. The summed E-state index contributed by atoms with van der Waals surface area (Å²) in [5.74, 6) is -0.588. The number of piperidine rings is 1. The first-order valence-corrected chi connectivity index (χ1v) is 9.45. The van der Waals surface area contributed by atoms with Crippen molar-refractivity contribution >= 4 is 11.8 Å². The molecule has 136 valence electrons. The lowest BCUT2D eigenvalue weighted by Gasteiger charge is -2.43. The number of rotatable bonds is 6. The summed E-state index contributed by atoms with van der Waals surface area (Å²) in [6.07, 6.45) is 4.97. The second kappa shape index (κ2) is 7.67. The normalized spacial score (nSPS) is 25.3. The standard InChI is InChI=1S/C20H28N2O3/c1-3-14-8-7-9-15(4-2)21(14)12-16(23)13-22-19(24)17-10-5-6-11-18(17)20(22)25/h5-6,10-11,14-16,23H,3-4,7-9,12-13H2,1-2H3/t14-,15+,16-/m1/s1. The summed E-state index contributed by atoms with van der Waals surface area (Å²) in [7, 11) is 0. The number of carbonyl (C=O) groups excluding carboxylic acids is 2. The van der Waals surface area contributed by atoms with Gasteiger partial charge in [0.15, 0.2) is 0 Å². The van der Waals surface area contributed by atoms with Gasteiger partial charge in [-0.1, -0.05) is 32.4 Å². The van der Waals surface area contributed by atoms with Gasteiger partial charge in [0, 0.05) is 18.6 Å². The molecule has 2 aliphatic heterocycles. The average Bonchev–Trinajstić information content (AvgIpc) is 2.87. The SMILES string of the molecule is CC[C@@H]1CCC[C@H](CC)N1C[C@@H](O)CN1C(=O)c2ccccc2C1=O. The first kappa shape index (κ1) is 18.1. The van der Waals surface area contributed by atoms with Crippen LogP contribution >= 0.6 is 0 Å². The molecule has 0 spiro atoms. The average molecular weight is 344 g/mol. The van der Waals surface area contributed by atoms with Crippen molar-refractivity contribution in [1.82, 2.24) is 9.80 Å². The molecular weight excluding hydrogens is 316 g/mol. The second-order valence-electron chi connectivity index (χ2n) is 7.17. The molecule has 1 aromatic carbocycles. The molecule has 3 atom stereocenters. The molecule has 1 saturated heterocycles. The Labute approximate surface area is 149 Å². The molecule has 0 bridgehead atoms. The highest BCUT2D eigenvalue weighted by molar-refractivity contribution is 6.21. The van der Waals surface area contributed by atoms with Crippen molar-refractivity contribution in [3.8, 4) is 0 Å². The number of hydrogen-bond acceptors (Lipinski definition) is 4. The Morgan fingerprint density at radius 2 is 1.52 bits per heavy atom. The van der Waals surface area contributed by atoms with Gasteiger partial charge in [0.05, 0.1) is 23.8 Å². The number of amides is 2. The van der Waals surface area contributed by atoms with E-state index < -0.39 is 6.10 Å². The number of nitrogens with zero attached hydrogens (tertiary/aromatic N) is 2. The minimum Gasteiger partial charge on any atom is -0.390 e. The summed E-state index contributed by atoms with van der Waals surface area (Å²) in [6.45, 7) is 4.96. The van der Waals surface area contributed by atoms with E-state index in [1.807, 2.05) is 0 Å². The van der Waals surface area contributed by atoms with Gasteiger partial charge in [-0.15, -0.1) is 0 Å². The molecule has 1 fully saturated rings. The number of likely N-dealkylation sites (tertiary alicyclic amines) is 1. The van der Waals surface area contributed by atoms with Crippen LogP contribution in [0.15, 0.2) is 24.3 Å². The van der Waals surface area contributed by atoms with Crippen LogP contribution in [0.2, 0.25) is 0 Å². The van der Waals surface area contributed by atoms with Gasteiger partial charge >= 0.3 is 0 Å². The van der Waals surface area contributed by atoms with Crippen molar-refractivity contribution in [2.75, 3.05) is 13.1 Å². The summed E-state index contributed by atoms with van der Waals surface area (Å²) >= 11 is 0. The van der Waals surface area contributed by atoms with Gasteiger partial charge in [-0.3, -0.25) is 19.4 Å². The van der Waals surface area contributed by atoms with E-state index in [0.29, 0.717) is 29.8 Å². The molecule has 5 nitrogen and oxygen atoms in total. The van der Waals surface area contributed by atoms with E-state index in [1.165, 1.54) is 11.3 Å². The summed E-state index contributed by atoms with van der Waals surface area (Å²) in [5, 5.41) is 10.6. The van der Waals surface area contributed by atoms with Crippen LogP contribution in [-0.4, -0.2) is 58.0 Å². The third-order valence-electron chi connectivity index (χ3n) is 5.65. The van der Waals surface area contributed by atoms with Crippen LogP contribution in [-0.2, 0) is 0 Å². The fourth-order valence-corrected chi connectivity index (χ4v) is 4.31. The van der Waals surface area contributed by atoms with Crippen molar-refractivity contribution in [2.24, 2.45) is 0 Å². The number of hydrogen-bond donors (Lipinski definition) is 1. The molecule has 0 aliphatic carbocycles. The summed E-state index contributed by atoms with van der Waals surface area (Å²) in [5.41, 5.74) is 0.881. The third kappa shape index (κ3) is 3.48. The van der Waals surface area contributed by atoms with E-state index in [1.54, 1.807) is 24.3 Å². The maximum Gasteiger partial charge on any atom is 0.261 e. The van der Waals surface area contributed by atoms with Gasteiger partial charge in [-0.25, -0.2) is 0 Å². The van der Waals surface area contributed by atoms with Crippen molar-refractivity contribution in [3.63, 3.8) is 0 Å². The van der Waals surface area contributed by atoms with E-state index in [9.17, 15) is 14.7 Å². The van der Waals surface area contributed by atoms with Crippen molar-refractivity contribution in [1.29, 1.82) is 0 Å². The van der Waals surface area contributed by atoms with Gasteiger partial charge in [0.25, 0.3) is 11.8 Å². The van der Waals surface area contributed by atoms with Crippen LogP contribution in [0.3, 0.4) is 0 Å². The molecule has 1 aromatic rings. The van der Waals surface area contributed by atoms with Gasteiger partial charge in [0.2, 0.25) is 0 Å². The number of aliphatic hydroxyl groups is 1. The largest absolute Gasteiger partial charge is 0.390 e. The fraction of sp³-hybridized carbons (Fsp3) is 0.600. The van der Waals surface area contributed by atoms with Gasteiger partial charge in [0.1, 0.15) is 0 Å². The summed E-state index contributed by atoms with van der Waals surface area (Å²) < 4.78 is 0. The van der Waals surface area contributed by atoms with Crippen LogP contribution in [0.4, 0.5) is 0 Å². The first-order valence-electron chi connectivity index (χ1n) is 9.45. The van der Waals surface area contributed by atoms with Crippen molar-refractivity contribution < 1.29 is 14.7 Å². The van der Waals surface area contributed by atoms with Gasteiger partial charge in [-0.2, -0.15) is 0 Å². The Morgan fingerprint density at radius 3 is 2.00 bits per heavy atom. The van der Waals surface area contributed by atoms with E-state index in [0.717, 1.165) is 25.7 Å². The predicted molar refractivity (Wildman–Crippen MR) is 96.5 cm³/mol. The molecule has 2 heterocycles. The molecule has 5 heteroatoms. The lowest BCUT2D eigenvalue weighted by Crippen LogP contribution is -2.51. The minimum absolute atomic E-state index is 0.0652. The zero-order chi connectivity index (χ0) is 18.0. The molecule has 3 rings (SSSR count). The van der Waals surface area contributed by atoms with Crippen LogP contribution < -0.4 is 0 Å². The van der Waals surface area contributed by atoms with Gasteiger partial charge < -0.3 is 5.11 Å². The molecule has 25 heavy (non-hydrogen) atoms. The molecule has 0 aromatic heterocycles. The van der Waals surface area contributed by atoms with Crippen LogP contribution in [0.25, 0.3) is 0 Å². The molecule has 0 saturated carbocycles. The molecular formula is C20H28N2O3. The Morgan fingerprint density at radius 1 is 1.00 bits per heavy atom. The Kier molecular flexibility index (Phi) is 5.54. The zero-order valence-electron chi connectivity index (χ0n) is 15.1. The highest BCUT2D eigenvalue weighted by Gasteiger charge is 2.37. The van der Waals surface area contributed by atoms with Gasteiger partial charge in [-0.05, 0) is 37.8 Å². The van der Waals surface area contributed by atoms with Crippen molar-refractivity contribution in [3.05, 3.63) is 35.4 Å².